The number of halogens is 1. The van der Waals surface area contributed by atoms with Crippen molar-refractivity contribution in [3.8, 4) is 5.75 Å². The van der Waals surface area contributed by atoms with Gasteiger partial charge in [0.25, 0.3) is 11.8 Å². The van der Waals surface area contributed by atoms with Crippen LogP contribution in [-0.4, -0.2) is 23.3 Å². The first-order valence-electron chi connectivity index (χ1n) is 8.67. The Balaban J connectivity index is 1.69. The minimum atomic E-state index is -1.05. The lowest BCUT2D eigenvalue weighted by molar-refractivity contribution is -0.387. The molecule has 148 valence electrons. The van der Waals surface area contributed by atoms with Crippen LogP contribution in [0.3, 0.4) is 0 Å². The Morgan fingerprint density at radius 3 is 2.71 bits per heavy atom. The van der Waals surface area contributed by atoms with Gasteiger partial charge in [-0.2, -0.15) is 4.39 Å². The van der Waals surface area contributed by atoms with Crippen molar-refractivity contribution >= 4 is 33.8 Å². The molecule has 0 radical (unpaired) electrons. The van der Waals surface area contributed by atoms with Gasteiger partial charge in [0.1, 0.15) is 10.8 Å². The number of amides is 2. The zero-order valence-corrected chi connectivity index (χ0v) is 15.6. The molecule has 1 aromatic carbocycles. The molecule has 0 saturated heterocycles. The number of anilines is 1. The lowest BCUT2D eigenvalue weighted by Crippen LogP contribution is -2.22. The molecule has 0 fully saturated rings. The number of rotatable bonds is 6. The summed E-state index contributed by atoms with van der Waals surface area (Å²) < 4.78 is 18.8. The maximum atomic E-state index is 13.6. The van der Waals surface area contributed by atoms with Crippen LogP contribution < -0.4 is 15.8 Å². The van der Waals surface area contributed by atoms with Gasteiger partial charge in [0.2, 0.25) is 5.82 Å². The van der Waals surface area contributed by atoms with Gasteiger partial charge >= 0.3 is 5.69 Å². The van der Waals surface area contributed by atoms with Gasteiger partial charge in [-0.15, -0.1) is 11.3 Å². The number of aryl methyl sites for hydroxylation is 1. The first-order chi connectivity index (χ1) is 13.4. The molecule has 0 spiro atoms. The zero-order chi connectivity index (χ0) is 20.3. The van der Waals surface area contributed by atoms with Gasteiger partial charge in [0.05, 0.1) is 10.5 Å². The lowest BCUT2D eigenvalue weighted by Gasteiger charge is -2.08. The second-order valence-corrected chi connectivity index (χ2v) is 7.45. The maximum absolute atomic E-state index is 13.6. The minimum Gasteiger partial charge on any atom is -0.484 e. The number of thiophene rings is 1. The van der Waals surface area contributed by atoms with Crippen LogP contribution in [0.1, 0.15) is 40.1 Å². The van der Waals surface area contributed by atoms with Crippen molar-refractivity contribution < 1.29 is 23.6 Å². The number of nitro groups is 1. The van der Waals surface area contributed by atoms with Gasteiger partial charge in [-0.05, 0) is 37.3 Å². The van der Waals surface area contributed by atoms with Gasteiger partial charge in [-0.25, -0.2) is 0 Å². The molecule has 3 rings (SSSR count). The summed E-state index contributed by atoms with van der Waals surface area (Å²) in [5, 5.41) is 13.6. The number of carbonyl (C=O) groups is 2. The quantitative estimate of drug-likeness (QED) is 0.432. The Kier molecular flexibility index (Phi) is 5.88. The molecule has 0 unspecified atom stereocenters. The minimum absolute atomic E-state index is 0.0182. The number of fused-ring (bicyclic) bond motifs is 1. The van der Waals surface area contributed by atoms with Gasteiger partial charge in [-0.1, -0.05) is 6.42 Å². The van der Waals surface area contributed by atoms with Crippen molar-refractivity contribution in [3.05, 3.63) is 50.1 Å². The number of nitrogens with zero attached hydrogens (tertiary/aromatic N) is 1. The Morgan fingerprint density at radius 2 is 2.04 bits per heavy atom. The second kappa shape index (κ2) is 8.34. The van der Waals surface area contributed by atoms with Crippen LogP contribution in [0.2, 0.25) is 0 Å². The Morgan fingerprint density at radius 1 is 1.29 bits per heavy atom. The fourth-order valence-electron chi connectivity index (χ4n) is 3.13. The van der Waals surface area contributed by atoms with Gasteiger partial charge in [-0.3, -0.25) is 19.7 Å². The van der Waals surface area contributed by atoms with Crippen molar-refractivity contribution in [2.45, 2.75) is 32.1 Å². The summed E-state index contributed by atoms with van der Waals surface area (Å²) in [7, 11) is 0. The highest BCUT2D eigenvalue weighted by Crippen LogP contribution is 2.37. The van der Waals surface area contributed by atoms with Crippen LogP contribution in [-0.2, 0) is 17.6 Å². The molecule has 0 aliphatic heterocycles. The molecule has 10 heteroatoms. The number of carbonyl (C=O) groups excluding carboxylic acids is 2. The van der Waals surface area contributed by atoms with Crippen LogP contribution in [0, 0.1) is 15.9 Å². The zero-order valence-electron chi connectivity index (χ0n) is 14.8. The largest absolute Gasteiger partial charge is 0.484 e. The van der Waals surface area contributed by atoms with E-state index in [0.717, 1.165) is 54.7 Å². The van der Waals surface area contributed by atoms with Crippen LogP contribution in [0.15, 0.2) is 18.2 Å². The van der Waals surface area contributed by atoms with E-state index in [0.29, 0.717) is 10.6 Å². The second-order valence-electron chi connectivity index (χ2n) is 6.34. The topological polar surface area (TPSA) is 125 Å². The van der Waals surface area contributed by atoms with E-state index in [4.69, 9.17) is 10.5 Å². The number of nitro benzene ring substituents is 1. The summed E-state index contributed by atoms with van der Waals surface area (Å²) in [6.45, 7) is -0.446. The van der Waals surface area contributed by atoms with E-state index in [2.05, 4.69) is 5.32 Å². The molecule has 8 nitrogen and oxygen atoms in total. The van der Waals surface area contributed by atoms with Crippen molar-refractivity contribution in [1.29, 1.82) is 0 Å². The van der Waals surface area contributed by atoms with Gasteiger partial charge < -0.3 is 15.8 Å². The number of nitrogens with one attached hydrogen (secondary N) is 1. The van der Waals surface area contributed by atoms with Crippen LogP contribution in [0.5, 0.6) is 5.75 Å². The summed E-state index contributed by atoms with van der Waals surface area (Å²) in [5.41, 5.74) is 6.09. The summed E-state index contributed by atoms with van der Waals surface area (Å²) in [6, 6.07) is 3.01. The normalized spacial score (nSPS) is 13.3. The SMILES string of the molecule is NC(=O)c1c(NC(=O)COc2ccc([N+](=O)[O-])c(F)c2)sc2c1CCCCC2. The smallest absolute Gasteiger partial charge is 0.305 e. The van der Waals surface area contributed by atoms with E-state index in [1.165, 1.54) is 17.4 Å². The summed E-state index contributed by atoms with van der Waals surface area (Å²) in [5.74, 6) is -2.21. The summed E-state index contributed by atoms with van der Waals surface area (Å²) in [6.07, 6.45) is 4.66. The highest BCUT2D eigenvalue weighted by molar-refractivity contribution is 7.17. The number of benzene rings is 1. The average Bonchev–Trinajstić information content (AvgIpc) is 2.80. The van der Waals surface area contributed by atoms with Gasteiger partial charge in [0.15, 0.2) is 6.61 Å². The Bertz CT molecular complexity index is 944. The highest BCUT2D eigenvalue weighted by Gasteiger charge is 2.24. The van der Waals surface area contributed by atoms with E-state index in [1.54, 1.807) is 0 Å². The van der Waals surface area contributed by atoms with Gasteiger partial charge in [0, 0.05) is 17.0 Å². The first-order valence-corrected chi connectivity index (χ1v) is 9.49. The standard InChI is InChI=1S/C18H18FN3O5S/c19-12-8-10(6-7-13(12)22(25)26)27-9-15(23)21-18-16(17(20)24)11-4-2-1-3-5-14(11)28-18/h6-8H,1-5,9H2,(H2,20,24)(H,21,23). The number of hydrogen-bond acceptors (Lipinski definition) is 6. The van der Waals surface area contributed by atoms with E-state index >= 15 is 0 Å². The molecule has 0 bridgehead atoms. The van der Waals surface area contributed by atoms with E-state index in [-0.39, 0.29) is 5.75 Å². The molecule has 1 aliphatic rings. The van der Waals surface area contributed by atoms with E-state index in [1.807, 2.05) is 0 Å². The highest BCUT2D eigenvalue weighted by atomic mass is 32.1. The molecule has 2 aromatic rings. The third-order valence-electron chi connectivity index (χ3n) is 4.41. The van der Waals surface area contributed by atoms with Crippen molar-refractivity contribution in [3.63, 3.8) is 0 Å². The lowest BCUT2D eigenvalue weighted by atomic mass is 10.1. The van der Waals surface area contributed by atoms with E-state index in [9.17, 15) is 24.1 Å². The number of nitrogens with two attached hydrogens (primary N) is 1. The molecule has 28 heavy (non-hydrogen) atoms. The molecule has 0 atom stereocenters. The third kappa shape index (κ3) is 4.28. The molecule has 1 heterocycles. The van der Waals surface area contributed by atoms with Crippen molar-refractivity contribution in [2.75, 3.05) is 11.9 Å². The van der Waals surface area contributed by atoms with Crippen LogP contribution in [0.4, 0.5) is 15.1 Å². The van der Waals surface area contributed by atoms with E-state index < -0.39 is 34.8 Å². The summed E-state index contributed by atoms with van der Waals surface area (Å²) in [4.78, 5) is 34.9. The predicted molar refractivity (Wildman–Crippen MR) is 101 cm³/mol. The number of primary amides is 1. The fraction of sp³-hybridized carbons (Fsp3) is 0.333. The summed E-state index contributed by atoms with van der Waals surface area (Å²) >= 11 is 1.34. The maximum Gasteiger partial charge on any atom is 0.305 e. The van der Waals surface area contributed by atoms with Crippen molar-refractivity contribution in [2.24, 2.45) is 5.73 Å². The molecule has 2 amide bonds. The average molecular weight is 407 g/mol. The fourth-order valence-corrected chi connectivity index (χ4v) is 4.44. The molecule has 1 aliphatic carbocycles. The Hall–Kier alpha value is -3.01. The molecule has 3 N–H and O–H groups in total. The first kappa shape index (κ1) is 19.7. The monoisotopic (exact) mass is 407 g/mol. The third-order valence-corrected chi connectivity index (χ3v) is 5.61. The van der Waals surface area contributed by atoms with Crippen LogP contribution >= 0.6 is 11.3 Å². The molecular formula is C18H18FN3O5S. The number of ether oxygens (including phenoxy) is 1. The molecule has 1 aromatic heterocycles. The number of hydrogen-bond donors (Lipinski definition) is 2. The molecule has 0 saturated carbocycles. The molecular weight excluding hydrogens is 389 g/mol. The van der Waals surface area contributed by atoms with Crippen LogP contribution in [0.25, 0.3) is 0 Å². The van der Waals surface area contributed by atoms with Crippen molar-refractivity contribution in [1.82, 2.24) is 0 Å². The Labute approximate surface area is 163 Å². The predicted octanol–water partition coefficient (Wildman–Crippen LogP) is 3.18.